The summed E-state index contributed by atoms with van der Waals surface area (Å²) in [5, 5.41) is 3.12. The van der Waals surface area contributed by atoms with E-state index in [-0.39, 0.29) is 0 Å². The lowest BCUT2D eigenvalue weighted by atomic mass is 9.89. The summed E-state index contributed by atoms with van der Waals surface area (Å²) in [6.07, 6.45) is 11.8. The van der Waals surface area contributed by atoms with Crippen LogP contribution in [0.25, 0.3) is 0 Å². The third-order valence-electron chi connectivity index (χ3n) is 2.38. The van der Waals surface area contributed by atoms with Gasteiger partial charge in [-0.25, -0.2) is 0 Å². The summed E-state index contributed by atoms with van der Waals surface area (Å²) in [6.45, 7) is 1.02. The molecule has 0 bridgehead atoms. The maximum Gasteiger partial charge on any atom is 0.0131 e. The van der Waals surface area contributed by atoms with Crippen molar-refractivity contribution < 1.29 is 0 Å². The summed E-state index contributed by atoms with van der Waals surface area (Å²) in [4.78, 5) is 0. The standard InChI is InChI=1S/C10H19N/c1-11-9-5-8-10-6-3-2-4-7-10/h5,8,10-11H,2-4,6-7,9H2,1H3/b8-5-. The Morgan fingerprint density at radius 2 is 2.00 bits per heavy atom. The molecule has 1 saturated carbocycles. The van der Waals surface area contributed by atoms with Crippen molar-refractivity contribution in [1.29, 1.82) is 0 Å². The minimum atomic E-state index is 0.886. The summed E-state index contributed by atoms with van der Waals surface area (Å²) >= 11 is 0. The van der Waals surface area contributed by atoms with Crippen molar-refractivity contribution in [1.82, 2.24) is 5.32 Å². The van der Waals surface area contributed by atoms with Crippen LogP contribution in [0.4, 0.5) is 0 Å². The van der Waals surface area contributed by atoms with Crippen LogP contribution in [0.3, 0.4) is 0 Å². The van der Waals surface area contributed by atoms with E-state index in [9.17, 15) is 0 Å². The zero-order valence-corrected chi connectivity index (χ0v) is 7.47. The van der Waals surface area contributed by atoms with Crippen molar-refractivity contribution in [3.63, 3.8) is 0 Å². The lowest BCUT2D eigenvalue weighted by molar-refractivity contribution is 0.419. The Bertz CT molecular complexity index is 112. The van der Waals surface area contributed by atoms with Crippen molar-refractivity contribution in [2.24, 2.45) is 5.92 Å². The van der Waals surface area contributed by atoms with Gasteiger partial charge in [0.05, 0.1) is 0 Å². The first-order valence-corrected chi connectivity index (χ1v) is 4.74. The Balaban J connectivity index is 2.13. The molecule has 0 amide bonds. The van der Waals surface area contributed by atoms with E-state index in [4.69, 9.17) is 0 Å². The average Bonchev–Trinajstić information content (AvgIpc) is 2.07. The molecule has 1 nitrogen and oxygen atoms in total. The molecule has 1 heteroatoms. The summed E-state index contributed by atoms with van der Waals surface area (Å²) in [7, 11) is 1.99. The predicted molar refractivity (Wildman–Crippen MR) is 49.6 cm³/mol. The van der Waals surface area contributed by atoms with Gasteiger partial charge in [0.2, 0.25) is 0 Å². The Hall–Kier alpha value is -0.300. The molecule has 0 saturated heterocycles. The van der Waals surface area contributed by atoms with Gasteiger partial charge in [0.1, 0.15) is 0 Å². The van der Waals surface area contributed by atoms with Gasteiger partial charge in [0.25, 0.3) is 0 Å². The molecule has 0 heterocycles. The molecule has 0 aliphatic heterocycles. The molecule has 0 aromatic carbocycles. The number of likely N-dealkylation sites (N-methyl/N-ethyl adjacent to an activating group) is 1. The van der Waals surface area contributed by atoms with Crippen LogP contribution in [0.5, 0.6) is 0 Å². The van der Waals surface area contributed by atoms with Gasteiger partial charge in [-0.2, -0.15) is 0 Å². The maximum absolute atomic E-state index is 3.12. The van der Waals surface area contributed by atoms with Crippen molar-refractivity contribution >= 4 is 0 Å². The van der Waals surface area contributed by atoms with Crippen LogP contribution in [0.1, 0.15) is 32.1 Å². The molecule has 11 heavy (non-hydrogen) atoms. The zero-order chi connectivity index (χ0) is 7.94. The Morgan fingerprint density at radius 1 is 1.27 bits per heavy atom. The zero-order valence-electron chi connectivity index (χ0n) is 7.47. The van der Waals surface area contributed by atoms with Crippen molar-refractivity contribution in [3.05, 3.63) is 12.2 Å². The molecule has 64 valence electrons. The van der Waals surface area contributed by atoms with Crippen LogP contribution in [0.15, 0.2) is 12.2 Å². The summed E-state index contributed by atoms with van der Waals surface area (Å²) < 4.78 is 0. The van der Waals surface area contributed by atoms with Gasteiger partial charge in [-0.1, -0.05) is 31.4 Å². The quantitative estimate of drug-likeness (QED) is 0.614. The third-order valence-corrected chi connectivity index (χ3v) is 2.38. The van der Waals surface area contributed by atoms with Gasteiger partial charge in [-0.3, -0.25) is 0 Å². The monoisotopic (exact) mass is 153 g/mol. The lowest BCUT2D eigenvalue weighted by Gasteiger charge is -2.17. The van der Waals surface area contributed by atoms with Gasteiger partial charge < -0.3 is 5.32 Å². The van der Waals surface area contributed by atoms with Gasteiger partial charge in [0, 0.05) is 6.54 Å². The molecule has 1 N–H and O–H groups in total. The number of nitrogens with one attached hydrogen (secondary N) is 1. The summed E-state index contributed by atoms with van der Waals surface area (Å²) in [6, 6.07) is 0. The van der Waals surface area contributed by atoms with Gasteiger partial charge in [-0.05, 0) is 25.8 Å². The molecule has 1 aliphatic carbocycles. The van der Waals surface area contributed by atoms with Gasteiger partial charge in [0.15, 0.2) is 0 Å². The largest absolute Gasteiger partial charge is 0.316 e. The highest BCUT2D eigenvalue weighted by atomic mass is 14.8. The van der Waals surface area contributed by atoms with Crippen LogP contribution in [0.2, 0.25) is 0 Å². The first-order chi connectivity index (χ1) is 5.43. The second-order valence-corrected chi connectivity index (χ2v) is 3.38. The number of hydrogen-bond acceptors (Lipinski definition) is 1. The second kappa shape index (κ2) is 5.36. The van der Waals surface area contributed by atoms with E-state index >= 15 is 0 Å². The fourth-order valence-corrected chi connectivity index (χ4v) is 1.70. The molecule has 0 radical (unpaired) electrons. The van der Waals surface area contributed by atoms with E-state index in [0.717, 1.165) is 12.5 Å². The number of allylic oxidation sites excluding steroid dienone is 1. The summed E-state index contributed by atoms with van der Waals surface area (Å²) in [5.41, 5.74) is 0. The highest BCUT2D eigenvalue weighted by Crippen LogP contribution is 2.24. The van der Waals surface area contributed by atoms with Crippen molar-refractivity contribution in [2.75, 3.05) is 13.6 Å². The summed E-state index contributed by atoms with van der Waals surface area (Å²) in [5.74, 6) is 0.886. The van der Waals surface area contributed by atoms with Crippen LogP contribution in [-0.4, -0.2) is 13.6 Å². The molecule has 1 rings (SSSR count). The van der Waals surface area contributed by atoms with Crippen LogP contribution in [0, 0.1) is 5.92 Å². The normalized spacial score (nSPS) is 21.2. The highest BCUT2D eigenvalue weighted by Gasteiger charge is 2.08. The predicted octanol–water partition coefficient (Wildman–Crippen LogP) is 2.34. The minimum Gasteiger partial charge on any atom is -0.316 e. The molecule has 0 aromatic heterocycles. The second-order valence-electron chi connectivity index (χ2n) is 3.38. The molecule has 0 spiro atoms. The molecular weight excluding hydrogens is 134 g/mol. The molecular formula is C10H19N. The van der Waals surface area contributed by atoms with Crippen molar-refractivity contribution in [3.8, 4) is 0 Å². The molecule has 0 aromatic rings. The Labute approximate surface area is 69.9 Å². The van der Waals surface area contributed by atoms with Gasteiger partial charge in [-0.15, -0.1) is 0 Å². The maximum atomic E-state index is 3.12. The minimum absolute atomic E-state index is 0.886. The van der Waals surface area contributed by atoms with E-state index in [1.54, 1.807) is 0 Å². The molecule has 0 unspecified atom stereocenters. The Kier molecular flexibility index (Phi) is 4.29. The Morgan fingerprint density at radius 3 is 2.64 bits per heavy atom. The number of hydrogen-bond donors (Lipinski definition) is 1. The smallest absolute Gasteiger partial charge is 0.0131 e. The lowest BCUT2D eigenvalue weighted by Crippen LogP contribution is -2.07. The van der Waals surface area contributed by atoms with Crippen LogP contribution in [-0.2, 0) is 0 Å². The van der Waals surface area contributed by atoms with Crippen LogP contribution >= 0.6 is 0 Å². The van der Waals surface area contributed by atoms with E-state index in [1.165, 1.54) is 32.1 Å². The SMILES string of the molecule is CNC/C=C\C1CCCCC1. The van der Waals surface area contributed by atoms with E-state index in [2.05, 4.69) is 17.5 Å². The fraction of sp³-hybridized carbons (Fsp3) is 0.800. The third kappa shape index (κ3) is 3.57. The molecule has 1 aliphatic rings. The van der Waals surface area contributed by atoms with E-state index in [1.807, 2.05) is 7.05 Å². The van der Waals surface area contributed by atoms with Crippen molar-refractivity contribution in [2.45, 2.75) is 32.1 Å². The molecule has 0 atom stereocenters. The first-order valence-electron chi connectivity index (χ1n) is 4.74. The number of rotatable bonds is 3. The first kappa shape index (κ1) is 8.79. The van der Waals surface area contributed by atoms with Gasteiger partial charge >= 0.3 is 0 Å². The van der Waals surface area contributed by atoms with E-state index in [0.29, 0.717) is 0 Å². The highest BCUT2D eigenvalue weighted by molar-refractivity contribution is 4.90. The molecule has 1 fully saturated rings. The fourth-order valence-electron chi connectivity index (χ4n) is 1.70. The topological polar surface area (TPSA) is 12.0 Å². The average molecular weight is 153 g/mol. The van der Waals surface area contributed by atoms with E-state index < -0.39 is 0 Å². The van der Waals surface area contributed by atoms with Crippen LogP contribution < -0.4 is 5.32 Å².